The zero-order valence-electron chi connectivity index (χ0n) is 12.1. The van der Waals surface area contributed by atoms with Crippen molar-refractivity contribution in [3.8, 4) is 10.6 Å². The second-order valence-corrected chi connectivity index (χ2v) is 6.65. The van der Waals surface area contributed by atoms with Gasteiger partial charge in [0.2, 0.25) is 0 Å². The summed E-state index contributed by atoms with van der Waals surface area (Å²) >= 11 is 1.37. The lowest BCUT2D eigenvalue weighted by Gasteiger charge is -2.17. The molecule has 1 aromatic heterocycles. The molecule has 0 radical (unpaired) electrons. The van der Waals surface area contributed by atoms with Gasteiger partial charge in [-0.05, 0) is 19.8 Å². The largest absolute Gasteiger partial charge is 0.333 e. The van der Waals surface area contributed by atoms with E-state index in [2.05, 4.69) is 4.98 Å². The van der Waals surface area contributed by atoms with Crippen molar-refractivity contribution in [3.05, 3.63) is 36.5 Å². The molecule has 2 fully saturated rings. The smallest absolute Gasteiger partial charge is 0.309 e. The maximum absolute atomic E-state index is 12.6. The zero-order chi connectivity index (χ0) is 15.3. The van der Waals surface area contributed by atoms with Crippen LogP contribution in [0.2, 0.25) is 0 Å². The Labute approximate surface area is 132 Å². The molecule has 0 bridgehead atoms. The fraction of sp³-hybridized carbons (Fsp3) is 0.312. The van der Waals surface area contributed by atoms with Gasteiger partial charge in [-0.25, -0.2) is 14.7 Å². The van der Waals surface area contributed by atoms with E-state index in [9.17, 15) is 9.59 Å². The fourth-order valence-corrected chi connectivity index (χ4v) is 3.71. The van der Waals surface area contributed by atoms with E-state index in [1.54, 1.807) is 18.0 Å². The highest BCUT2D eigenvalue weighted by Gasteiger charge is 2.49. The van der Waals surface area contributed by atoms with Crippen molar-refractivity contribution in [2.75, 3.05) is 4.90 Å². The molecule has 2 aromatic rings. The van der Waals surface area contributed by atoms with E-state index in [4.69, 9.17) is 0 Å². The molecule has 112 valence electrons. The Balaban J connectivity index is 1.66. The molecule has 1 saturated carbocycles. The lowest BCUT2D eigenvalue weighted by Crippen LogP contribution is -2.35. The van der Waals surface area contributed by atoms with Gasteiger partial charge in [0, 0.05) is 11.6 Å². The van der Waals surface area contributed by atoms with Gasteiger partial charge in [-0.3, -0.25) is 4.79 Å². The SMILES string of the molecule is CC1C(=O)N(c2cnc(-c3ccccc3)s2)C(=O)N1C1CC1. The van der Waals surface area contributed by atoms with Crippen LogP contribution in [-0.4, -0.2) is 33.9 Å². The number of carbonyl (C=O) groups is 2. The predicted octanol–water partition coefficient (Wildman–Crippen LogP) is 3.13. The van der Waals surface area contributed by atoms with Crippen LogP contribution >= 0.6 is 11.3 Å². The van der Waals surface area contributed by atoms with E-state index < -0.39 is 0 Å². The number of imide groups is 1. The second-order valence-electron chi connectivity index (χ2n) is 5.64. The Morgan fingerprint density at radius 1 is 1.18 bits per heavy atom. The van der Waals surface area contributed by atoms with Crippen LogP contribution in [0.3, 0.4) is 0 Å². The Bertz CT molecular complexity index is 739. The lowest BCUT2D eigenvalue weighted by molar-refractivity contribution is -0.119. The summed E-state index contributed by atoms with van der Waals surface area (Å²) in [6, 6.07) is 9.42. The molecule has 22 heavy (non-hydrogen) atoms. The van der Waals surface area contributed by atoms with Crippen molar-refractivity contribution in [3.63, 3.8) is 0 Å². The first-order valence-electron chi connectivity index (χ1n) is 7.34. The second kappa shape index (κ2) is 4.91. The van der Waals surface area contributed by atoms with Crippen LogP contribution in [0.5, 0.6) is 0 Å². The molecule has 1 atom stereocenters. The van der Waals surface area contributed by atoms with Crippen LogP contribution in [0.1, 0.15) is 19.8 Å². The van der Waals surface area contributed by atoms with Gasteiger partial charge >= 0.3 is 6.03 Å². The lowest BCUT2D eigenvalue weighted by atomic mass is 10.2. The first kappa shape index (κ1) is 13.5. The molecule has 6 heteroatoms. The van der Waals surface area contributed by atoms with Gasteiger partial charge in [-0.1, -0.05) is 41.7 Å². The third-order valence-corrected chi connectivity index (χ3v) is 5.11. The molecule has 5 nitrogen and oxygen atoms in total. The predicted molar refractivity (Wildman–Crippen MR) is 84.8 cm³/mol. The van der Waals surface area contributed by atoms with Gasteiger partial charge in [0.05, 0.1) is 6.20 Å². The van der Waals surface area contributed by atoms with E-state index >= 15 is 0 Å². The van der Waals surface area contributed by atoms with Crippen molar-refractivity contribution in [1.82, 2.24) is 9.88 Å². The standard InChI is InChI=1S/C16H15N3O2S/c1-10-15(20)19(16(21)18(10)12-7-8-12)13-9-17-14(22-13)11-5-3-2-4-6-11/h2-6,9-10,12H,7-8H2,1H3. The summed E-state index contributed by atoms with van der Waals surface area (Å²) in [7, 11) is 0. The Morgan fingerprint density at radius 2 is 1.91 bits per heavy atom. The minimum Gasteiger partial charge on any atom is -0.309 e. The Morgan fingerprint density at radius 3 is 2.59 bits per heavy atom. The van der Waals surface area contributed by atoms with Gasteiger partial charge < -0.3 is 4.90 Å². The van der Waals surface area contributed by atoms with E-state index in [0.717, 1.165) is 23.4 Å². The fourth-order valence-electron chi connectivity index (χ4n) is 2.79. The molecule has 0 N–H and O–H groups in total. The highest BCUT2D eigenvalue weighted by Crippen LogP contribution is 2.38. The first-order valence-corrected chi connectivity index (χ1v) is 8.16. The van der Waals surface area contributed by atoms with Crippen LogP contribution in [0.15, 0.2) is 36.5 Å². The summed E-state index contributed by atoms with van der Waals surface area (Å²) in [6.45, 7) is 1.80. The Kier molecular flexibility index (Phi) is 3.00. The van der Waals surface area contributed by atoms with E-state index in [1.807, 2.05) is 30.3 Å². The Hall–Kier alpha value is -2.21. The van der Waals surface area contributed by atoms with E-state index in [1.165, 1.54) is 16.2 Å². The number of benzene rings is 1. The number of aromatic nitrogens is 1. The van der Waals surface area contributed by atoms with Gasteiger partial charge in [0.25, 0.3) is 5.91 Å². The minimum absolute atomic E-state index is 0.153. The number of hydrogen-bond donors (Lipinski definition) is 0. The number of carbonyl (C=O) groups excluding carboxylic acids is 2. The highest BCUT2D eigenvalue weighted by molar-refractivity contribution is 7.19. The number of nitrogens with zero attached hydrogens (tertiary/aromatic N) is 3. The molecular weight excluding hydrogens is 298 g/mol. The van der Waals surface area contributed by atoms with Crippen LogP contribution < -0.4 is 4.90 Å². The van der Waals surface area contributed by atoms with Crippen molar-refractivity contribution in [2.45, 2.75) is 31.8 Å². The normalized spacial score (nSPS) is 21.8. The molecule has 0 spiro atoms. The number of hydrogen-bond acceptors (Lipinski definition) is 4. The molecule has 4 rings (SSSR count). The summed E-state index contributed by atoms with van der Waals surface area (Å²) < 4.78 is 0. The third-order valence-electron chi connectivity index (χ3n) is 4.08. The highest BCUT2D eigenvalue weighted by atomic mass is 32.1. The maximum Gasteiger partial charge on any atom is 0.333 e. The van der Waals surface area contributed by atoms with Crippen molar-refractivity contribution >= 4 is 28.3 Å². The third kappa shape index (κ3) is 2.02. The number of rotatable bonds is 3. The molecule has 2 aliphatic rings. The summed E-state index contributed by atoms with van der Waals surface area (Å²) in [4.78, 5) is 32.4. The van der Waals surface area contributed by atoms with Crippen LogP contribution in [0.25, 0.3) is 10.6 Å². The van der Waals surface area contributed by atoms with Gasteiger partial charge in [0.15, 0.2) is 0 Å². The topological polar surface area (TPSA) is 53.5 Å². The zero-order valence-corrected chi connectivity index (χ0v) is 12.9. The van der Waals surface area contributed by atoms with E-state index in [0.29, 0.717) is 5.00 Å². The van der Waals surface area contributed by atoms with Gasteiger partial charge in [-0.2, -0.15) is 0 Å². The molecule has 1 saturated heterocycles. The molecule has 1 aliphatic carbocycles. The first-order chi connectivity index (χ1) is 10.7. The van der Waals surface area contributed by atoms with Crippen LogP contribution in [0, 0.1) is 0 Å². The number of thiazole rings is 1. The summed E-state index contributed by atoms with van der Waals surface area (Å²) in [5.41, 5.74) is 0.991. The summed E-state index contributed by atoms with van der Waals surface area (Å²) in [5, 5.41) is 1.41. The van der Waals surface area contributed by atoms with Crippen molar-refractivity contribution in [1.29, 1.82) is 0 Å². The average molecular weight is 313 g/mol. The van der Waals surface area contributed by atoms with E-state index in [-0.39, 0.29) is 24.0 Å². The molecule has 3 amide bonds. The number of anilines is 1. The average Bonchev–Trinajstić information content (AvgIpc) is 3.19. The van der Waals surface area contributed by atoms with Gasteiger partial charge in [0.1, 0.15) is 16.1 Å². The van der Waals surface area contributed by atoms with Gasteiger partial charge in [-0.15, -0.1) is 0 Å². The molecule has 1 aromatic carbocycles. The number of urea groups is 1. The van der Waals surface area contributed by atoms with Crippen molar-refractivity contribution in [2.24, 2.45) is 0 Å². The summed E-state index contributed by atoms with van der Waals surface area (Å²) in [5.74, 6) is -0.153. The van der Waals surface area contributed by atoms with Crippen molar-refractivity contribution < 1.29 is 9.59 Å². The maximum atomic E-state index is 12.6. The molecular formula is C16H15N3O2S. The van der Waals surface area contributed by atoms with Crippen LogP contribution in [-0.2, 0) is 4.79 Å². The van der Waals surface area contributed by atoms with Crippen LogP contribution in [0.4, 0.5) is 9.80 Å². The number of amides is 3. The monoisotopic (exact) mass is 313 g/mol. The molecule has 1 unspecified atom stereocenters. The minimum atomic E-state index is -0.373. The quantitative estimate of drug-likeness (QED) is 0.818. The summed E-state index contributed by atoms with van der Waals surface area (Å²) in [6.07, 6.45) is 3.61. The molecule has 1 aliphatic heterocycles. The molecule has 2 heterocycles.